The Morgan fingerprint density at radius 1 is 1.11 bits per heavy atom. The Hall–Kier alpha value is -4.76. The molecule has 2 unspecified atom stereocenters. The fraction of sp³-hybridized carbons (Fsp3) is 0.281. The molecule has 1 aliphatic carbocycles. The van der Waals surface area contributed by atoms with E-state index >= 15 is 0 Å². The van der Waals surface area contributed by atoms with Gasteiger partial charge in [-0.2, -0.15) is 22.8 Å². The van der Waals surface area contributed by atoms with Crippen molar-refractivity contribution in [2.45, 2.75) is 56.9 Å². The zero-order valence-electron chi connectivity index (χ0n) is 24.2. The van der Waals surface area contributed by atoms with Crippen molar-refractivity contribution in [2.75, 3.05) is 10.6 Å². The van der Waals surface area contributed by atoms with E-state index in [1.807, 2.05) is 37.3 Å². The van der Waals surface area contributed by atoms with Crippen molar-refractivity contribution in [3.8, 4) is 6.07 Å². The largest absolute Gasteiger partial charge is 0.413 e. The number of pyridine rings is 2. The molecule has 3 heterocycles. The lowest BCUT2D eigenvalue weighted by molar-refractivity contribution is -0.182. The summed E-state index contributed by atoms with van der Waals surface area (Å²) in [5.74, 6) is -0.698. The summed E-state index contributed by atoms with van der Waals surface area (Å²) < 4.78 is 56.5. The van der Waals surface area contributed by atoms with Crippen molar-refractivity contribution in [3.63, 3.8) is 0 Å². The van der Waals surface area contributed by atoms with Gasteiger partial charge in [-0.05, 0) is 49.9 Å². The van der Waals surface area contributed by atoms with Gasteiger partial charge < -0.3 is 10.6 Å². The second kappa shape index (κ2) is 11.6. The highest BCUT2D eigenvalue weighted by Gasteiger charge is 2.66. The van der Waals surface area contributed by atoms with Gasteiger partial charge in [-0.15, -0.1) is 5.10 Å². The molecular formula is C32H27ClF4N8. The van der Waals surface area contributed by atoms with Gasteiger partial charge >= 0.3 is 6.18 Å². The monoisotopic (exact) mass is 634 g/mol. The number of hydrogen-bond acceptors (Lipinski definition) is 7. The number of rotatable bonds is 9. The lowest BCUT2D eigenvalue weighted by atomic mass is 10.0. The molecule has 0 amide bonds. The lowest BCUT2D eigenvalue weighted by Gasteiger charge is -2.23. The Morgan fingerprint density at radius 2 is 1.87 bits per heavy atom. The fourth-order valence-electron chi connectivity index (χ4n) is 5.57. The van der Waals surface area contributed by atoms with Crippen LogP contribution in [0.5, 0.6) is 0 Å². The van der Waals surface area contributed by atoms with Crippen LogP contribution in [0.25, 0.3) is 10.9 Å². The second-order valence-electron chi connectivity index (χ2n) is 11.0. The third-order valence-corrected chi connectivity index (χ3v) is 8.47. The van der Waals surface area contributed by atoms with Crippen LogP contribution in [0.3, 0.4) is 0 Å². The van der Waals surface area contributed by atoms with Crippen molar-refractivity contribution in [1.29, 1.82) is 5.26 Å². The maximum Gasteiger partial charge on any atom is 0.413 e. The summed E-state index contributed by atoms with van der Waals surface area (Å²) in [6.45, 7) is 3.63. The Labute approximate surface area is 261 Å². The lowest BCUT2D eigenvalue weighted by Crippen LogP contribution is -2.35. The average Bonchev–Trinajstić information content (AvgIpc) is 3.70. The molecule has 2 atom stereocenters. The van der Waals surface area contributed by atoms with Crippen molar-refractivity contribution in [2.24, 2.45) is 0 Å². The van der Waals surface area contributed by atoms with Gasteiger partial charge in [0.15, 0.2) is 5.54 Å². The molecule has 0 spiro atoms. The minimum absolute atomic E-state index is 0.0967. The third-order valence-electron chi connectivity index (χ3n) is 8.19. The van der Waals surface area contributed by atoms with Gasteiger partial charge in [-0.25, -0.2) is 9.67 Å². The van der Waals surface area contributed by atoms with Crippen LogP contribution in [0, 0.1) is 24.2 Å². The van der Waals surface area contributed by atoms with Crippen LogP contribution in [0.4, 0.5) is 28.9 Å². The smallest absolute Gasteiger partial charge is 0.377 e. The number of hydrogen-bond donors (Lipinski definition) is 2. The molecule has 0 aliphatic heterocycles. The number of aryl methyl sites for hydroxylation is 1. The predicted molar refractivity (Wildman–Crippen MR) is 162 cm³/mol. The molecule has 0 bridgehead atoms. The Balaban J connectivity index is 1.45. The highest BCUT2D eigenvalue weighted by Crippen LogP contribution is 2.55. The highest BCUT2D eigenvalue weighted by atomic mass is 35.5. The van der Waals surface area contributed by atoms with Crippen molar-refractivity contribution < 1.29 is 17.6 Å². The summed E-state index contributed by atoms with van der Waals surface area (Å²) in [5, 5.41) is 25.6. The molecule has 230 valence electrons. The average molecular weight is 635 g/mol. The number of benzene rings is 2. The van der Waals surface area contributed by atoms with Crippen LogP contribution in [0.2, 0.25) is 5.02 Å². The van der Waals surface area contributed by atoms with Gasteiger partial charge in [0, 0.05) is 28.5 Å². The first-order valence-corrected chi connectivity index (χ1v) is 14.7. The summed E-state index contributed by atoms with van der Waals surface area (Å²) in [4.78, 5) is 8.35. The van der Waals surface area contributed by atoms with E-state index in [-0.39, 0.29) is 29.6 Å². The molecule has 0 radical (unpaired) electrons. The third kappa shape index (κ3) is 5.64. The molecule has 13 heteroatoms. The molecule has 1 aliphatic rings. The molecule has 1 fully saturated rings. The quantitative estimate of drug-likeness (QED) is 0.125. The van der Waals surface area contributed by atoms with E-state index in [0.717, 1.165) is 16.7 Å². The van der Waals surface area contributed by atoms with E-state index in [0.29, 0.717) is 39.1 Å². The van der Waals surface area contributed by atoms with Crippen molar-refractivity contribution in [1.82, 2.24) is 25.0 Å². The maximum atomic E-state index is 14.0. The van der Waals surface area contributed by atoms with Crippen LogP contribution in [0.1, 0.15) is 66.3 Å². The van der Waals surface area contributed by atoms with Gasteiger partial charge in [0.2, 0.25) is 5.95 Å². The topological polar surface area (TPSA) is 104 Å². The van der Waals surface area contributed by atoms with Gasteiger partial charge in [0.25, 0.3) is 0 Å². The first-order chi connectivity index (χ1) is 21.5. The van der Waals surface area contributed by atoms with Crippen molar-refractivity contribution in [3.05, 3.63) is 106 Å². The Kier molecular flexibility index (Phi) is 7.82. The minimum Gasteiger partial charge on any atom is -0.377 e. The first-order valence-electron chi connectivity index (χ1n) is 14.3. The molecule has 45 heavy (non-hydrogen) atoms. The number of nitrogens with one attached hydrogen (secondary N) is 2. The van der Waals surface area contributed by atoms with E-state index in [2.05, 4.69) is 37.0 Å². The maximum absolute atomic E-state index is 14.0. The first kappa shape index (κ1) is 30.3. The summed E-state index contributed by atoms with van der Waals surface area (Å²) in [7, 11) is 0. The number of nitriles is 1. The molecule has 0 saturated heterocycles. The summed E-state index contributed by atoms with van der Waals surface area (Å²) >= 11 is 6.73. The van der Waals surface area contributed by atoms with Crippen LogP contribution in [-0.2, 0) is 5.54 Å². The molecule has 2 aromatic carbocycles. The molecule has 1 saturated carbocycles. The number of nitrogens with zero attached hydrogens (tertiary/aromatic N) is 6. The van der Waals surface area contributed by atoms with Crippen molar-refractivity contribution >= 4 is 33.9 Å². The molecular weight excluding hydrogens is 608 g/mol. The van der Waals surface area contributed by atoms with Crippen LogP contribution < -0.4 is 10.6 Å². The van der Waals surface area contributed by atoms with E-state index in [1.54, 1.807) is 19.1 Å². The van der Waals surface area contributed by atoms with E-state index in [4.69, 9.17) is 11.6 Å². The van der Waals surface area contributed by atoms with Gasteiger partial charge in [-0.3, -0.25) is 4.98 Å². The molecule has 5 aromatic rings. The van der Waals surface area contributed by atoms with E-state index in [1.165, 1.54) is 24.5 Å². The van der Waals surface area contributed by atoms with Crippen LogP contribution >= 0.6 is 11.6 Å². The number of anilines is 2. The molecule has 2 N–H and O–H groups in total. The summed E-state index contributed by atoms with van der Waals surface area (Å²) in [6.07, 6.45) is -1.24. The van der Waals surface area contributed by atoms with Gasteiger partial charge in [0.05, 0.1) is 40.1 Å². The van der Waals surface area contributed by atoms with E-state index < -0.39 is 23.7 Å². The normalized spacial score (nSPS) is 15.3. The molecule has 3 aromatic heterocycles. The molecule has 6 rings (SSSR count). The highest BCUT2D eigenvalue weighted by molar-refractivity contribution is 6.35. The zero-order chi connectivity index (χ0) is 31.9. The minimum atomic E-state index is -4.49. The Bertz CT molecular complexity index is 1910. The summed E-state index contributed by atoms with van der Waals surface area (Å²) in [5.41, 5.74) is 1.66. The van der Waals surface area contributed by atoms with E-state index in [9.17, 15) is 22.8 Å². The predicted octanol–water partition coefficient (Wildman–Crippen LogP) is 8.01. The number of alkyl halides is 3. The number of halogens is 5. The molecule has 8 nitrogen and oxygen atoms in total. The number of fused-ring (bicyclic) bond motifs is 1. The summed E-state index contributed by atoms with van der Waals surface area (Å²) in [6, 6.07) is 17.1. The second-order valence-corrected chi connectivity index (χ2v) is 11.4. The van der Waals surface area contributed by atoms with Crippen LogP contribution in [0.15, 0.2) is 67.0 Å². The van der Waals surface area contributed by atoms with Gasteiger partial charge in [-0.1, -0.05) is 60.1 Å². The Morgan fingerprint density at radius 3 is 2.51 bits per heavy atom. The fourth-order valence-corrected chi connectivity index (χ4v) is 5.84. The van der Waals surface area contributed by atoms with Crippen LogP contribution in [-0.4, -0.2) is 31.1 Å². The standard InChI is InChI=1S/C32H27ClF4N8/c1-3-25(19-7-5-4-6-8-19)42-28-20(15-38)16-39-29-23(28)13-21(14-24(29)33)41-30(22-9-10-27(34)40-18(22)2)26-17-45(44-43-26)31(11-12-31)32(35,36)37/h4-10,13-14,16-17,25,30,41H,3,11-12H2,1-2H3,(H,39,42). The SMILES string of the molecule is CCC(Nc1c(C#N)cnc2c(Cl)cc(NC(c3cn(C4(C(F)(F)F)CC4)nn3)c3ccc(F)nc3C)cc12)c1ccccc1. The number of aromatic nitrogens is 5. The zero-order valence-corrected chi connectivity index (χ0v) is 25.0. The van der Waals surface area contributed by atoms with Gasteiger partial charge in [0.1, 0.15) is 11.8 Å².